The van der Waals surface area contributed by atoms with Crippen molar-refractivity contribution in [2.75, 3.05) is 10.6 Å². The Labute approximate surface area is 143 Å². The van der Waals surface area contributed by atoms with Crippen molar-refractivity contribution in [2.45, 2.75) is 13.3 Å². The molecule has 1 aromatic heterocycles. The number of benzene rings is 2. The van der Waals surface area contributed by atoms with Crippen molar-refractivity contribution in [1.29, 1.82) is 0 Å². The number of H-pyrrole nitrogens is 1. The molecular weight excluding hydrogens is 328 g/mol. The van der Waals surface area contributed by atoms with Gasteiger partial charge < -0.3 is 10.6 Å². The van der Waals surface area contributed by atoms with E-state index in [0.717, 1.165) is 16.6 Å². The first-order valence-corrected chi connectivity index (χ1v) is 7.69. The van der Waals surface area contributed by atoms with Gasteiger partial charge in [0.1, 0.15) is 6.42 Å². The number of carbonyl (C=O) groups is 2. The van der Waals surface area contributed by atoms with Crippen LogP contribution in [0.4, 0.5) is 11.4 Å². The smallest absolute Gasteiger partial charge is 0.233 e. The Morgan fingerprint density at radius 1 is 1.04 bits per heavy atom. The van der Waals surface area contributed by atoms with Gasteiger partial charge in [-0.2, -0.15) is 5.10 Å². The lowest BCUT2D eigenvalue weighted by molar-refractivity contribution is -0.123. The van der Waals surface area contributed by atoms with Crippen LogP contribution in [0.25, 0.3) is 10.9 Å². The molecule has 1 heterocycles. The maximum absolute atomic E-state index is 12.0. The Hall–Kier alpha value is -2.86. The molecule has 0 saturated heterocycles. The van der Waals surface area contributed by atoms with Crippen LogP contribution in [0, 0.1) is 6.92 Å². The van der Waals surface area contributed by atoms with Crippen molar-refractivity contribution in [2.24, 2.45) is 0 Å². The van der Waals surface area contributed by atoms with Crippen LogP contribution < -0.4 is 10.6 Å². The molecule has 0 spiro atoms. The summed E-state index contributed by atoms with van der Waals surface area (Å²) in [5.74, 6) is -0.792. The third-order valence-corrected chi connectivity index (χ3v) is 3.73. The minimum absolute atomic E-state index is 0.278. The van der Waals surface area contributed by atoms with Gasteiger partial charge in [-0.05, 0) is 49.4 Å². The summed E-state index contributed by atoms with van der Waals surface area (Å²) in [5.41, 5.74) is 2.91. The Balaban J connectivity index is 1.59. The lowest BCUT2D eigenvalue weighted by atomic mass is 10.2. The minimum atomic E-state index is -0.397. The molecule has 3 aromatic rings. The fourth-order valence-electron chi connectivity index (χ4n) is 2.31. The molecule has 0 aliphatic rings. The molecule has 0 atom stereocenters. The molecule has 3 N–H and O–H groups in total. The molecule has 0 bridgehead atoms. The molecule has 122 valence electrons. The largest absolute Gasteiger partial charge is 0.326 e. The third-order valence-electron chi connectivity index (χ3n) is 3.48. The number of carbonyl (C=O) groups excluding carboxylic acids is 2. The molecule has 24 heavy (non-hydrogen) atoms. The Bertz CT molecular complexity index is 903. The summed E-state index contributed by atoms with van der Waals surface area (Å²) >= 11 is 5.78. The van der Waals surface area contributed by atoms with Crippen LogP contribution in [0.3, 0.4) is 0 Å². The molecule has 0 saturated carbocycles. The molecule has 0 unspecified atom stereocenters. The zero-order chi connectivity index (χ0) is 17.1. The Morgan fingerprint density at radius 2 is 1.67 bits per heavy atom. The molecule has 2 aromatic carbocycles. The van der Waals surface area contributed by atoms with Crippen molar-refractivity contribution in [1.82, 2.24) is 10.2 Å². The SMILES string of the molecule is Cc1[nH]nc2cc(NC(=O)CC(=O)Nc3ccc(Cl)cc3)ccc12. The zero-order valence-corrected chi connectivity index (χ0v) is 13.6. The fraction of sp³-hybridized carbons (Fsp3) is 0.118. The van der Waals surface area contributed by atoms with Crippen LogP contribution in [-0.4, -0.2) is 22.0 Å². The number of nitrogens with one attached hydrogen (secondary N) is 3. The van der Waals surface area contributed by atoms with Gasteiger partial charge in [0.15, 0.2) is 0 Å². The molecule has 0 aliphatic carbocycles. The van der Waals surface area contributed by atoms with Gasteiger partial charge in [-0.15, -0.1) is 0 Å². The average Bonchev–Trinajstić information content (AvgIpc) is 2.90. The molecule has 6 nitrogen and oxygen atoms in total. The lowest BCUT2D eigenvalue weighted by Crippen LogP contribution is -2.21. The number of hydrogen-bond donors (Lipinski definition) is 3. The van der Waals surface area contributed by atoms with Gasteiger partial charge in [-0.25, -0.2) is 0 Å². The lowest BCUT2D eigenvalue weighted by Gasteiger charge is -2.07. The van der Waals surface area contributed by atoms with Gasteiger partial charge >= 0.3 is 0 Å². The number of fused-ring (bicyclic) bond motifs is 1. The number of hydrogen-bond acceptors (Lipinski definition) is 3. The van der Waals surface area contributed by atoms with E-state index >= 15 is 0 Å². The number of anilines is 2. The number of amides is 2. The quantitative estimate of drug-likeness (QED) is 0.634. The molecule has 0 aliphatic heterocycles. The Kier molecular flexibility index (Phi) is 4.48. The second-order valence-electron chi connectivity index (χ2n) is 5.36. The fourth-order valence-corrected chi connectivity index (χ4v) is 2.44. The second-order valence-corrected chi connectivity index (χ2v) is 5.80. The first-order valence-electron chi connectivity index (χ1n) is 7.31. The van der Waals surface area contributed by atoms with Crippen molar-refractivity contribution in [3.63, 3.8) is 0 Å². The van der Waals surface area contributed by atoms with Gasteiger partial charge in [0.2, 0.25) is 11.8 Å². The standard InChI is InChI=1S/C17H15ClN4O2/c1-10-14-7-6-13(8-15(14)22-21-10)20-17(24)9-16(23)19-12-4-2-11(18)3-5-12/h2-8H,9H2,1H3,(H,19,23)(H,20,24)(H,21,22). The molecule has 3 rings (SSSR count). The van der Waals surface area contributed by atoms with Gasteiger partial charge in [0.25, 0.3) is 0 Å². The highest BCUT2D eigenvalue weighted by Gasteiger charge is 2.11. The monoisotopic (exact) mass is 342 g/mol. The summed E-state index contributed by atoms with van der Waals surface area (Å²) < 4.78 is 0. The predicted molar refractivity (Wildman–Crippen MR) is 94.2 cm³/mol. The van der Waals surface area contributed by atoms with Gasteiger partial charge in [0, 0.05) is 27.5 Å². The van der Waals surface area contributed by atoms with Crippen LogP contribution in [0.15, 0.2) is 42.5 Å². The minimum Gasteiger partial charge on any atom is -0.326 e. The van der Waals surface area contributed by atoms with Crippen LogP contribution in [0.5, 0.6) is 0 Å². The normalized spacial score (nSPS) is 10.6. The summed E-state index contributed by atoms with van der Waals surface area (Å²) in [5, 5.41) is 13.9. The van der Waals surface area contributed by atoms with Crippen molar-refractivity contribution >= 4 is 45.7 Å². The van der Waals surface area contributed by atoms with E-state index < -0.39 is 11.8 Å². The van der Waals surface area contributed by atoms with E-state index in [1.165, 1.54) is 0 Å². The van der Waals surface area contributed by atoms with Crippen molar-refractivity contribution < 1.29 is 9.59 Å². The second kappa shape index (κ2) is 6.72. The molecule has 7 heteroatoms. The highest BCUT2D eigenvalue weighted by molar-refractivity contribution is 6.30. The van der Waals surface area contributed by atoms with Crippen LogP contribution in [0.2, 0.25) is 5.02 Å². The van der Waals surface area contributed by atoms with E-state index in [2.05, 4.69) is 20.8 Å². The number of halogens is 1. The summed E-state index contributed by atoms with van der Waals surface area (Å²) in [6.45, 7) is 1.93. The van der Waals surface area contributed by atoms with Crippen LogP contribution in [-0.2, 0) is 9.59 Å². The molecule has 0 radical (unpaired) electrons. The van der Waals surface area contributed by atoms with E-state index in [1.54, 1.807) is 36.4 Å². The summed E-state index contributed by atoms with van der Waals surface area (Å²) in [6, 6.07) is 12.1. The van der Waals surface area contributed by atoms with E-state index in [1.807, 2.05) is 13.0 Å². The van der Waals surface area contributed by atoms with E-state index in [0.29, 0.717) is 16.4 Å². The molecule has 2 amide bonds. The Morgan fingerprint density at radius 3 is 2.38 bits per heavy atom. The number of rotatable bonds is 4. The first-order chi connectivity index (χ1) is 11.5. The summed E-state index contributed by atoms with van der Waals surface area (Å²) in [4.78, 5) is 23.9. The highest BCUT2D eigenvalue weighted by Crippen LogP contribution is 2.20. The van der Waals surface area contributed by atoms with E-state index in [-0.39, 0.29) is 6.42 Å². The highest BCUT2D eigenvalue weighted by atomic mass is 35.5. The zero-order valence-electron chi connectivity index (χ0n) is 12.9. The predicted octanol–water partition coefficient (Wildman–Crippen LogP) is 3.49. The summed E-state index contributed by atoms with van der Waals surface area (Å²) in [6.07, 6.45) is -0.278. The number of aromatic nitrogens is 2. The third kappa shape index (κ3) is 3.72. The van der Waals surface area contributed by atoms with Gasteiger partial charge in [0.05, 0.1) is 5.52 Å². The number of nitrogens with zero attached hydrogens (tertiary/aromatic N) is 1. The van der Waals surface area contributed by atoms with Gasteiger partial charge in [-0.3, -0.25) is 14.7 Å². The molecular formula is C17H15ClN4O2. The average molecular weight is 343 g/mol. The topological polar surface area (TPSA) is 86.9 Å². The van der Waals surface area contributed by atoms with Crippen molar-refractivity contribution in [3.8, 4) is 0 Å². The molecule has 0 fully saturated rings. The van der Waals surface area contributed by atoms with Crippen LogP contribution in [0.1, 0.15) is 12.1 Å². The number of aromatic amines is 1. The van der Waals surface area contributed by atoms with Gasteiger partial charge in [-0.1, -0.05) is 11.6 Å². The van der Waals surface area contributed by atoms with Crippen molar-refractivity contribution in [3.05, 3.63) is 53.2 Å². The maximum Gasteiger partial charge on any atom is 0.233 e. The first kappa shape index (κ1) is 16.0. The maximum atomic E-state index is 12.0. The number of aryl methyl sites for hydroxylation is 1. The summed E-state index contributed by atoms with van der Waals surface area (Å²) in [7, 11) is 0. The van der Waals surface area contributed by atoms with E-state index in [9.17, 15) is 9.59 Å². The van der Waals surface area contributed by atoms with Crippen LogP contribution >= 0.6 is 11.6 Å². The van der Waals surface area contributed by atoms with E-state index in [4.69, 9.17) is 11.6 Å².